The van der Waals surface area contributed by atoms with Crippen LogP contribution in [0.1, 0.15) is 25.6 Å². The van der Waals surface area contributed by atoms with Crippen molar-refractivity contribution in [3.05, 3.63) is 76.6 Å². The average Bonchev–Trinajstić information content (AvgIpc) is 3.37. The third-order valence-corrected chi connectivity index (χ3v) is 5.64. The van der Waals surface area contributed by atoms with Crippen molar-refractivity contribution in [3.63, 3.8) is 0 Å². The Morgan fingerprint density at radius 1 is 0.969 bits per heavy atom. The van der Waals surface area contributed by atoms with Crippen LogP contribution in [0.25, 0.3) is 5.57 Å². The maximum atomic E-state index is 13.5. The molecule has 0 unspecified atom stereocenters. The SMILES string of the molecule is CCOc1ccccc1N1C(=O)C(Nc2ccc(OC(C)C)cc2)=C(c2cccs2)C1=O. The summed E-state index contributed by atoms with van der Waals surface area (Å²) in [4.78, 5) is 28.9. The Balaban J connectivity index is 1.72. The molecule has 0 saturated carbocycles. The summed E-state index contributed by atoms with van der Waals surface area (Å²) in [6.45, 7) is 6.21. The van der Waals surface area contributed by atoms with Crippen LogP contribution in [0, 0.1) is 0 Å². The van der Waals surface area contributed by atoms with E-state index >= 15 is 0 Å². The molecule has 164 valence electrons. The van der Waals surface area contributed by atoms with Crippen LogP contribution in [-0.2, 0) is 9.59 Å². The van der Waals surface area contributed by atoms with E-state index in [4.69, 9.17) is 9.47 Å². The number of imide groups is 1. The molecule has 0 atom stereocenters. The van der Waals surface area contributed by atoms with Crippen LogP contribution in [0.3, 0.4) is 0 Å². The van der Waals surface area contributed by atoms with E-state index in [1.807, 2.05) is 68.6 Å². The van der Waals surface area contributed by atoms with E-state index in [1.165, 1.54) is 16.2 Å². The fourth-order valence-electron chi connectivity index (χ4n) is 3.47. The zero-order chi connectivity index (χ0) is 22.7. The molecule has 0 bridgehead atoms. The summed E-state index contributed by atoms with van der Waals surface area (Å²) in [7, 11) is 0. The molecule has 3 aromatic rings. The van der Waals surface area contributed by atoms with Gasteiger partial charge in [0.2, 0.25) is 0 Å². The fourth-order valence-corrected chi connectivity index (χ4v) is 4.23. The second-order valence-electron chi connectivity index (χ2n) is 7.39. The summed E-state index contributed by atoms with van der Waals surface area (Å²) >= 11 is 1.41. The smallest absolute Gasteiger partial charge is 0.282 e. The van der Waals surface area contributed by atoms with Gasteiger partial charge in [-0.1, -0.05) is 18.2 Å². The van der Waals surface area contributed by atoms with Crippen molar-refractivity contribution in [1.82, 2.24) is 0 Å². The van der Waals surface area contributed by atoms with E-state index in [0.29, 0.717) is 29.3 Å². The van der Waals surface area contributed by atoms with E-state index in [9.17, 15) is 9.59 Å². The zero-order valence-corrected chi connectivity index (χ0v) is 18.9. The minimum Gasteiger partial charge on any atom is -0.492 e. The number of para-hydroxylation sites is 2. The number of nitrogens with zero attached hydrogens (tertiary/aromatic N) is 1. The van der Waals surface area contributed by atoms with E-state index in [0.717, 1.165) is 10.6 Å². The van der Waals surface area contributed by atoms with Crippen LogP contribution in [0.15, 0.2) is 71.7 Å². The summed E-state index contributed by atoms with van der Waals surface area (Å²) < 4.78 is 11.4. The van der Waals surface area contributed by atoms with Crippen LogP contribution >= 0.6 is 11.3 Å². The van der Waals surface area contributed by atoms with Gasteiger partial charge in [-0.15, -0.1) is 11.3 Å². The lowest BCUT2D eigenvalue weighted by molar-refractivity contribution is -0.120. The van der Waals surface area contributed by atoms with Crippen molar-refractivity contribution < 1.29 is 19.1 Å². The van der Waals surface area contributed by atoms with Gasteiger partial charge in [0.1, 0.15) is 17.2 Å². The van der Waals surface area contributed by atoms with E-state index < -0.39 is 5.91 Å². The lowest BCUT2D eigenvalue weighted by atomic mass is 10.2. The number of rotatable bonds is 8. The van der Waals surface area contributed by atoms with Crippen molar-refractivity contribution in [1.29, 1.82) is 0 Å². The molecule has 0 saturated heterocycles. The first-order chi connectivity index (χ1) is 15.5. The second-order valence-corrected chi connectivity index (χ2v) is 8.34. The normalized spacial score (nSPS) is 13.8. The molecule has 0 radical (unpaired) electrons. The maximum Gasteiger partial charge on any atom is 0.282 e. The highest BCUT2D eigenvalue weighted by Crippen LogP contribution is 2.39. The van der Waals surface area contributed by atoms with Crippen LogP contribution in [-0.4, -0.2) is 24.5 Å². The minimum absolute atomic E-state index is 0.0648. The Kier molecular flexibility index (Phi) is 6.28. The van der Waals surface area contributed by atoms with Crippen molar-refractivity contribution in [2.75, 3.05) is 16.8 Å². The summed E-state index contributed by atoms with van der Waals surface area (Å²) in [6, 6.07) is 18.1. The summed E-state index contributed by atoms with van der Waals surface area (Å²) in [5, 5.41) is 5.05. The summed E-state index contributed by atoms with van der Waals surface area (Å²) in [6.07, 6.45) is 0.0648. The Bertz CT molecular complexity index is 1150. The van der Waals surface area contributed by atoms with Crippen LogP contribution < -0.4 is 19.7 Å². The molecule has 2 aromatic carbocycles. The van der Waals surface area contributed by atoms with E-state index in [2.05, 4.69) is 5.32 Å². The summed E-state index contributed by atoms with van der Waals surface area (Å²) in [5.41, 5.74) is 1.70. The number of benzene rings is 2. The maximum absolute atomic E-state index is 13.5. The van der Waals surface area contributed by atoms with Gasteiger partial charge in [-0.05, 0) is 68.6 Å². The topological polar surface area (TPSA) is 67.9 Å². The molecule has 7 heteroatoms. The number of hydrogen-bond donors (Lipinski definition) is 1. The van der Waals surface area contributed by atoms with E-state index in [1.54, 1.807) is 18.2 Å². The highest BCUT2D eigenvalue weighted by Gasteiger charge is 2.41. The molecular weight excluding hydrogens is 424 g/mol. The van der Waals surface area contributed by atoms with Crippen LogP contribution in [0.5, 0.6) is 11.5 Å². The lowest BCUT2D eigenvalue weighted by Crippen LogP contribution is -2.32. The molecule has 0 spiro atoms. The van der Waals surface area contributed by atoms with Crippen LogP contribution in [0.4, 0.5) is 11.4 Å². The van der Waals surface area contributed by atoms with Crippen LogP contribution in [0.2, 0.25) is 0 Å². The fraction of sp³-hybridized carbons (Fsp3) is 0.200. The molecule has 0 fully saturated rings. The number of ether oxygens (including phenoxy) is 2. The number of thiophene rings is 1. The quantitative estimate of drug-likeness (QED) is 0.472. The molecule has 1 aliphatic heterocycles. The average molecular weight is 449 g/mol. The highest BCUT2D eigenvalue weighted by molar-refractivity contribution is 7.11. The van der Waals surface area contributed by atoms with Crippen molar-refractivity contribution >= 4 is 40.1 Å². The lowest BCUT2D eigenvalue weighted by Gasteiger charge is -2.19. The number of carbonyl (C=O) groups excluding carboxylic acids is 2. The number of anilines is 2. The van der Waals surface area contributed by atoms with Crippen molar-refractivity contribution in [2.45, 2.75) is 26.9 Å². The molecule has 2 amide bonds. The molecule has 4 rings (SSSR count). The molecule has 0 aliphatic carbocycles. The summed E-state index contributed by atoms with van der Waals surface area (Å²) in [5.74, 6) is 0.415. The monoisotopic (exact) mass is 448 g/mol. The Morgan fingerprint density at radius 2 is 1.72 bits per heavy atom. The van der Waals surface area contributed by atoms with Gasteiger partial charge in [0.25, 0.3) is 11.8 Å². The van der Waals surface area contributed by atoms with Gasteiger partial charge in [-0.2, -0.15) is 0 Å². The first-order valence-corrected chi connectivity index (χ1v) is 11.3. The van der Waals surface area contributed by atoms with Gasteiger partial charge < -0.3 is 14.8 Å². The standard InChI is InChI=1S/C25H24N2O4S/c1-4-30-20-9-6-5-8-19(20)27-24(28)22(21-10-7-15-32-21)23(25(27)29)26-17-11-13-18(14-12-17)31-16(2)3/h5-16,26H,4H2,1-3H3. The Labute approximate surface area is 191 Å². The molecular formula is C25H24N2O4S. The number of nitrogens with one attached hydrogen (secondary N) is 1. The number of hydrogen-bond acceptors (Lipinski definition) is 6. The van der Waals surface area contributed by atoms with Gasteiger partial charge in [0.15, 0.2) is 0 Å². The molecule has 6 nitrogen and oxygen atoms in total. The first-order valence-electron chi connectivity index (χ1n) is 10.4. The van der Waals surface area contributed by atoms with Crippen molar-refractivity contribution in [3.8, 4) is 11.5 Å². The second kappa shape index (κ2) is 9.28. The predicted octanol–water partition coefficient (Wildman–Crippen LogP) is 5.33. The van der Waals surface area contributed by atoms with Gasteiger partial charge in [-0.3, -0.25) is 9.59 Å². The molecule has 2 heterocycles. The molecule has 1 N–H and O–H groups in total. The molecule has 1 aromatic heterocycles. The third kappa shape index (κ3) is 4.24. The largest absolute Gasteiger partial charge is 0.492 e. The third-order valence-electron chi connectivity index (χ3n) is 4.75. The van der Waals surface area contributed by atoms with Gasteiger partial charge in [0, 0.05) is 10.6 Å². The highest BCUT2D eigenvalue weighted by atomic mass is 32.1. The minimum atomic E-state index is -0.423. The zero-order valence-electron chi connectivity index (χ0n) is 18.1. The van der Waals surface area contributed by atoms with Gasteiger partial charge >= 0.3 is 0 Å². The molecule has 1 aliphatic rings. The Morgan fingerprint density at radius 3 is 2.38 bits per heavy atom. The molecule has 32 heavy (non-hydrogen) atoms. The predicted molar refractivity (Wildman–Crippen MR) is 127 cm³/mol. The van der Waals surface area contributed by atoms with Gasteiger partial charge in [-0.25, -0.2) is 4.90 Å². The number of amides is 2. The van der Waals surface area contributed by atoms with E-state index in [-0.39, 0.29) is 17.7 Å². The number of carbonyl (C=O) groups is 2. The van der Waals surface area contributed by atoms with Crippen molar-refractivity contribution in [2.24, 2.45) is 0 Å². The first kappa shape index (κ1) is 21.6. The Hall–Kier alpha value is -3.58. The van der Waals surface area contributed by atoms with Gasteiger partial charge in [0.05, 0.1) is 24.0 Å².